The second-order valence-corrected chi connectivity index (χ2v) is 9.75. The van der Waals surface area contributed by atoms with Gasteiger partial charge in [0.05, 0.1) is 0 Å². The predicted molar refractivity (Wildman–Crippen MR) is 157 cm³/mol. The highest BCUT2D eigenvalue weighted by Gasteiger charge is 2.10. The van der Waals surface area contributed by atoms with Gasteiger partial charge in [-0.3, -0.25) is 0 Å². The summed E-state index contributed by atoms with van der Waals surface area (Å²) in [5.74, 6) is 1.75. The highest BCUT2D eigenvalue weighted by molar-refractivity contribution is 7.99. The summed E-state index contributed by atoms with van der Waals surface area (Å²) in [7, 11) is 0. The summed E-state index contributed by atoms with van der Waals surface area (Å²) in [6.45, 7) is 5.42. The first-order valence-electron chi connectivity index (χ1n) is 12.9. The molecule has 4 aromatic carbocycles. The molecule has 0 saturated carbocycles. The Morgan fingerprint density at radius 2 is 1.00 bits per heavy atom. The van der Waals surface area contributed by atoms with Crippen molar-refractivity contribution in [2.24, 2.45) is 0 Å². The molecule has 0 heterocycles. The van der Waals surface area contributed by atoms with Crippen molar-refractivity contribution in [1.82, 2.24) is 0 Å². The molecule has 188 valence electrons. The van der Waals surface area contributed by atoms with Gasteiger partial charge < -0.3 is 9.47 Å². The van der Waals surface area contributed by atoms with Crippen molar-refractivity contribution in [1.29, 1.82) is 0 Å². The number of benzene rings is 4. The SMILES string of the molecule is CC/C=C/c1cc(OCc2ccccc2)ccc1Sc1ccc(OCc2ccccc2)cc1/C=C/CC. The fourth-order valence-electron chi connectivity index (χ4n) is 3.77. The average molecular weight is 507 g/mol. The van der Waals surface area contributed by atoms with E-state index in [1.807, 2.05) is 36.4 Å². The van der Waals surface area contributed by atoms with E-state index in [-0.39, 0.29) is 0 Å². The number of ether oxygens (including phenoxy) is 2. The van der Waals surface area contributed by atoms with E-state index in [0.29, 0.717) is 13.2 Å². The summed E-state index contributed by atoms with van der Waals surface area (Å²) in [6, 6.07) is 33.3. The number of hydrogen-bond acceptors (Lipinski definition) is 3. The summed E-state index contributed by atoms with van der Waals surface area (Å²) in [4.78, 5) is 2.39. The lowest BCUT2D eigenvalue weighted by atomic mass is 10.2. The Morgan fingerprint density at radius 1 is 0.568 bits per heavy atom. The van der Waals surface area contributed by atoms with E-state index in [1.165, 1.54) is 9.79 Å². The van der Waals surface area contributed by atoms with Crippen molar-refractivity contribution in [3.63, 3.8) is 0 Å². The van der Waals surface area contributed by atoms with E-state index in [2.05, 4.69) is 98.8 Å². The molecule has 0 aromatic heterocycles. The van der Waals surface area contributed by atoms with E-state index in [9.17, 15) is 0 Å². The molecule has 0 atom stereocenters. The van der Waals surface area contributed by atoms with Gasteiger partial charge in [-0.1, -0.05) is 111 Å². The Labute approximate surface area is 225 Å². The van der Waals surface area contributed by atoms with Gasteiger partial charge in [0.1, 0.15) is 24.7 Å². The molecule has 2 nitrogen and oxygen atoms in total. The minimum Gasteiger partial charge on any atom is -0.489 e. The zero-order valence-corrected chi connectivity index (χ0v) is 22.4. The number of hydrogen-bond donors (Lipinski definition) is 0. The quantitative estimate of drug-likeness (QED) is 0.190. The van der Waals surface area contributed by atoms with E-state index < -0.39 is 0 Å². The van der Waals surface area contributed by atoms with Crippen LogP contribution in [0.4, 0.5) is 0 Å². The smallest absolute Gasteiger partial charge is 0.120 e. The molecular weight excluding hydrogens is 472 g/mol. The van der Waals surface area contributed by atoms with Crippen LogP contribution in [0.2, 0.25) is 0 Å². The van der Waals surface area contributed by atoms with Crippen LogP contribution in [0.5, 0.6) is 11.5 Å². The van der Waals surface area contributed by atoms with Gasteiger partial charge in [-0.2, -0.15) is 0 Å². The molecule has 0 radical (unpaired) electrons. The molecule has 0 aliphatic rings. The minimum atomic E-state index is 0.556. The van der Waals surface area contributed by atoms with Crippen molar-refractivity contribution >= 4 is 23.9 Å². The maximum absolute atomic E-state index is 6.10. The molecule has 0 fully saturated rings. The van der Waals surface area contributed by atoms with Gasteiger partial charge in [0.25, 0.3) is 0 Å². The van der Waals surface area contributed by atoms with Crippen molar-refractivity contribution in [3.05, 3.63) is 131 Å². The lowest BCUT2D eigenvalue weighted by Crippen LogP contribution is -1.96. The first kappa shape index (κ1) is 26.4. The zero-order chi connectivity index (χ0) is 25.7. The highest BCUT2D eigenvalue weighted by Crippen LogP contribution is 2.37. The molecule has 0 N–H and O–H groups in total. The predicted octanol–water partition coefficient (Wildman–Crippen LogP) is 9.84. The van der Waals surface area contributed by atoms with Crippen molar-refractivity contribution in [2.75, 3.05) is 0 Å². The summed E-state index contributed by atoms with van der Waals surface area (Å²) >= 11 is 1.77. The van der Waals surface area contributed by atoms with Crippen molar-refractivity contribution in [2.45, 2.75) is 49.7 Å². The monoisotopic (exact) mass is 506 g/mol. The van der Waals surface area contributed by atoms with Gasteiger partial charge in [0.15, 0.2) is 0 Å². The molecule has 3 heteroatoms. The van der Waals surface area contributed by atoms with Crippen molar-refractivity contribution < 1.29 is 9.47 Å². The Bertz CT molecular complexity index is 1210. The molecule has 4 rings (SSSR count). The van der Waals surface area contributed by atoms with E-state index in [4.69, 9.17) is 9.47 Å². The molecule has 0 bridgehead atoms. The summed E-state index contributed by atoms with van der Waals surface area (Å²) in [6.07, 6.45) is 10.7. The van der Waals surface area contributed by atoms with E-state index in [1.54, 1.807) is 11.8 Å². The first-order valence-corrected chi connectivity index (χ1v) is 13.7. The van der Waals surface area contributed by atoms with Gasteiger partial charge in [-0.15, -0.1) is 0 Å². The van der Waals surface area contributed by atoms with Crippen LogP contribution in [0.25, 0.3) is 12.2 Å². The lowest BCUT2D eigenvalue weighted by Gasteiger charge is -2.14. The van der Waals surface area contributed by atoms with Crippen LogP contribution in [0, 0.1) is 0 Å². The van der Waals surface area contributed by atoms with Crippen LogP contribution in [0.1, 0.15) is 48.9 Å². The highest BCUT2D eigenvalue weighted by atomic mass is 32.2. The van der Waals surface area contributed by atoms with Crippen LogP contribution in [0.3, 0.4) is 0 Å². The topological polar surface area (TPSA) is 18.5 Å². The van der Waals surface area contributed by atoms with Crippen LogP contribution in [0.15, 0.2) is 119 Å². The van der Waals surface area contributed by atoms with Gasteiger partial charge in [-0.25, -0.2) is 0 Å². The second kappa shape index (κ2) is 14.2. The standard InChI is InChI=1S/C34H34O2S/c1-3-5-17-29-23-31(35-25-27-13-9-7-10-14-27)19-21-33(29)37-34-22-20-32(24-30(34)18-6-4-2)36-26-28-15-11-8-12-16-28/h5-24H,3-4,25-26H2,1-2H3/b17-5+,18-6+. The molecule has 0 unspecified atom stereocenters. The normalized spacial score (nSPS) is 11.3. The van der Waals surface area contributed by atoms with Gasteiger partial charge in [0, 0.05) is 9.79 Å². The fraction of sp³-hybridized carbons (Fsp3) is 0.176. The third-order valence-corrected chi connectivity index (χ3v) is 6.93. The summed E-state index contributed by atoms with van der Waals surface area (Å²) in [5.41, 5.74) is 4.64. The van der Waals surface area contributed by atoms with Crippen LogP contribution in [-0.4, -0.2) is 0 Å². The molecule has 4 aromatic rings. The lowest BCUT2D eigenvalue weighted by molar-refractivity contribution is 0.306. The third-order valence-electron chi connectivity index (χ3n) is 5.75. The molecule has 0 spiro atoms. The first-order chi connectivity index (χ1) is 18.2. The summed E-state index contributed by atoms with van der Waals surface area (Å²) < 4.78 is 12.2. The van der Waals surface area contributed by atoms with Crippen LogP contribution < -0.4 is 9.47 Å². The molecule has 0 amide bonds. The minimum absolute atomic E-state index is 0.556. The molecule has 0 saturated heterocycles. The fourth-order valence-corrected chi connectivity index (χ4v) is 4.77. The Kier molecular flexibility index (Phi) is 10.1. The number of rotatable bonds is 12. The van der Waals surface area contributed by atoms with Gasteiger partial charge >= 0.3 is 0 Å². The maximum Gasteiger partial charge on any atom is 0.120 e. The van der Waals surface area contributed by atoms with E-state index in [0.717, 1.165) is 46.6 Å². The molecule has 37 heavy (non-hydrogen) atoms. The zero-order valence-electron chi connectivity index (χ0n) is 21.6. The van der Waals surface area contributed by atoms with Gasteiger partial charge in [-0.05, 0) is 71.5 Å². The van der Waals surface area contributed by atoms with Crippen LogP contribution >= 0.6 is 11.8 Å². The largest absolute Gasteiger partial charge is 0.489 e. The Balaban J connectivity index is 1.54. The maximum atomic E-state index is 6.10. The van der Waals surface area contributed by atoms with Crippen LogP contribution in [-0.2, 0) is 13.2 Å². The Hall–Kier alpha value is -3.69. The molecular formula is C34H34O2S. The molecule has 0 aliphatic heterocycles. The summed E-state index contributed by atoms with van der Waals surface area (Å²) in [5, 5.41) is 0. The second-order valence-electron chi connectivity index (χ2n) is 8.67. The van der Waals surface area contributed by atoms with Gasteiger partial charge in [0.2, 0.25) is 0 Å². The molecule has 0 aliphatic carbocycles. The van der Waals surface area contributed by atoms with Crippen molar-refractivity contribution in [3.8, 4) is 11.5 Å². The van der Waals surface area contributed by atoms with E-state index >= 15 is 0 Å². The average Bonchev–Trinajstić information content (AvgIpc) is 2.95. The Morgan fingerprint density at radius 3 is 1.41 bits per heavy atom. The third kappa shape index (κ3) is 8.16. The number of allylic oxidation sites excluding steroid dienone is 2.